The van der Waals surface area contributed by atoms with Gasteiger partial charge in [0.1, 0.15) is 18.7 Å². The van der Waals surface area contributed by atoms with Crippen LogP contribution in [0, 0.1) is 0 Å². The molecule has 136 valence electrons. The fourth-order valence-electron chi connectivity index (χ4n) is 2.71. The fourth-order valence-corrected chi connectivity index (χ4v) is 2.71. The second-order valence-corrected chi connectivity index (χ2v) is 5.54. The predicted octanol–water partition coefficient (Wildman–Crippen LogP) is 0.872. The first-order chi connectivity index (χ1) is 12.5. The number of fused-ring (bicyclic) bond motifs is 3. The largest absolute Gasteiger partial charge is 0.465 e. The maximum absolute atomic E-state index is 12.3. The quantitative estimate of drug-likeness (QED) is 0.602. The lowest BCUT2D eigenvalue weighted by Gasteiger charge is -2.07. The second kappa shape index (κ2) is 7.34. The van der Waals surface area contributed by atoms with Gasteiger partial charge in [0.25, 0.3) is 0 Å². The number of carbonyl (C=O) groups is 2. The smallest absolute Gasteiger partial charge is 0.366 e. The van der Waals surface area contributed by atoms with Crippen LogP contribution in [0.2, 0.25) is 0 Å². The number of benzene rings is 1. The molecule has 0 radical (unpaired) electrons. The Hall–Kier alpha value is -3.23. The van der Waals surface area contributed by atoms with Crippen molar-refractivity contribution in [2.75, 3.05) is 13.2 Å². The lowest BCUT2D eigenvalue weighted by Crippen LogP contribution is -2.28. The third-order valence-electron chi connectivity index (χ3n) is 3.76. The SMILES string of the molecule is CCOC(=O)Cn1c2ccccc2c2nn(CCOC(C)=O)c(=O)nc21. The number of esters is 2. The van der Waals surface area contributed by atoms with Gasteiger partial charge < -0.3 is 14.0 Å². The van der Waals surface area contributed by atoms with E-state index in [4.69, 9.17) is 9.47 Å². The molecule has 9 nitrogen and oxygen atoms in total. The van der Waals surface area contributed by atoms with Gasteiger partial charge in [0.2, 0.25) is 0 Å². The fraction of sp³-hybridized carbons (Fsp3) is 0.353. The summed E-state index contributed by atoms with van der Waals surface area (Å²) in [6, 6.07) is 7.34. The van der Waals surface area contributed by atoms with Crippen LogP contribution in [0.3, 0.4) is 0 Å². The molecule has 0 saturated carbocycles. The predicted molar refractivity (Wildman–Crippen MR) is 92.6 cm³/mol. The van der Waals surface area contributed by atoms with Crippen molar-refractivity contribution < 1.29 is 19.1 Å². The van der Waals surface area contributed by atoms with E-state index < -0.39 is 17.6 Å². The summed E-state index contributed by atoms with van der Waals surface area (Å²) in [5, 5.41) is 5.12. The Kier molecular flexibility index (Phi) is 4.97. The number of rotatable bonds is 6. The minimum Gasteiger partial charge on any atom is -0.465 e. The molecule has 0 aliphatic carbocycles. The highest BCUT2D eigenvalue weighted by molar-refractivity contribution is 6.04. The molecule has 0 fully saturated rings. The van der Waals surface area contributed by atoms with Crippen molar-refractivity contribution >= 4 is 34.0 Å². The van der Waals surface area contributed by atoms with Crippen molar-refractivity contribution in [1.29, 1.82) is 0 Å². The van der Waals surface area contributed by atoms with E-state index >= 15 is 0 Å². The molecule has 0 spiro atoms. The van der Waals surface area contributed by atoms with Gasteiger partial charge in [-0.3, -0.25) is 9.59 Å². The molecule has 0 N–H and O–H groups in total. The van der Waals surface area contributed by atoms with Crippen LogP contribution in [0.4, 0.5) is 0 Å². The van der Waals surface area contributed by atoms with Crippen LogP contribution in [-0.4, -0.2) is 44.5 Å². The first-order valence-electron chi connectivity index (χ1n) is 8.16. The molecular weight excluding hydrogens is 340 g/mol. The Bertz CT molecular complexity index is 1040. The van der Waals surface area contributed by atoms with Crippen LogP contribution in [0.25, 0.3) is 22.1 Å². The first-order valence-corrected chi connectivity index (χ1v) is 8.16. The highest BCUT2D eigenvalue weighted by Gasteiger charge is 2.17. The van der Waals surface area contributed by atoms with Crippen LogP contribution in [0.5, 0.6) is 0 Å². The summed E-state index contributed by atoms with van der Waals surface area (Å²) < 4.78 is 12.6. The van der Waals surface area contributed by atoms with Crippen molar-refractivity contribution in [2.24, 2.45) is 0 Å². The standard InChI is InChI=1S/C17H18N4O5/c1-3-25-14(23)10-20-13-7-5-4-6-12(13)15-16(20)18-17(24)21(19-15)8-9-26-11(2)22/h4-7H,3,8-10H2,1-2H3. The van der Waals surface area contributed by atoms with Crippen LogP contribution in [0.15, 0.2) is 29.1 Å². The number of hydrogen-bond donors (Lipinski definition) is 0. The summed E-state index contributed by atoms with van der Waals surface area (Å²) >= 11 is 0. The van der Waals surface area contributed by atoms with Crippen LogP contribution >= 0.6 is 0 Å². The zero-order valence-corrected chi connectivity index (χ0v) is 14.5. The van der Waals surface area contributed by atoms with Gasteiger partial charge >= 0.3 is 17.6 Å². The van der Waals surface area contributed by atoms with E-state index in [0.717, 1.165) is 15.6 Å². The van der Waals surface area contributed by atoms with Gasteiger partial charge in [-0.15, -0.1) is 0 Å². The van der Waals surface area contributed by atoms with Crippen LogP contribution in [-0.2, 0) is 32.2 Å². The molecular formula is C17H18N4O5. The highest BCUT2D eigenvalue weighted by atomic mass is 16.5. The maximum atomic E-state index is 12.3. The Morgan fingerprint density at radius 1 is 1.19 bits per heavy atom. The molecule has 3 rings (SSSR count). The number of nitrogens with zero attached hydrogens (tertiary/aromatic N) is 4. The lowest BCUT2D eigenvalue weighted by molar-refractivity contribution is -0.143. The summed E-state index contributed by atoms with van der Waals surface area (Å²) in [4.78, 5) is 39.2. The van der Waals surface area contributed by atoms with Gasteiger partial charge in [-0.05, 0) is 13.0 Å². The zero-order chi connectivity index (χ0) is 18.7. The van der Waals surface area contributed by atoms with Crippen molar-refractivity contribution in [3.63, 3.8) is 0 Å². The van der Waals surface area contributed by atoms with Gasteiger partial charge in [-0.25, -0.2) is 9.48 Å². The van der Waals surface area contributed by atoms with Crippen molar-refractivity contribution in [1.82, 2.24) is 19.3 Å². The van der Waals surface area contributed by atoms with E-state index in [1.165, 1.54) is 6.92 Å². The average molecular weight is 358 g/mol. The molecule has 2 heterocycles. The minimum absolute atomic E-state index is 0.0247. The van der Waals surface area contributed by atoms with Gasteiger partial charge in [0.15, 0.2) is 5.65 Å². The third kappa shape index (κ3) is 3.41. The average Bonchev–Trinajstić information content (AvgIpc) is 2.88. The Balaban J connectivity index is 2.09. The number of hydrogen-bond acceptors (Lipinski definition) is 7. The second-order valence-electron chi connectivity index (χ2n) is 5.54. The topological polar surface area (TPSA) is 105 Å². The molecule has 0 saturated heterocycles. The Labute approximate surface area is 148 Å². The molecule has 26 heavy (non-hydrogen) atoms. The minimum atomic E-state index is -0.586. The maximum Gasteiger partial charge on any atom is 0.366 e. The summed E-state index contributed by atoms with van der Waals surface area (Å²) in [7, 11) is 0. The highest BCUT2D eigenvalue weighted by Crippen LogP contribution is 2.25. The normalized spacial score (nSPS) is 11.0. The lowest BCUT2D eigenvalue weighted by atomic mass is 10.2. The van der Waals surface area contributed by atoms with E-state index in [1.807, 2.05) is 24.3 Å². The molecule has 0 bridgehead atoms. The molecule has 3 aromatic rings. The summed E-state index contributed by atoms with van der Waals surface area (Å²) in [5.41, 5.74) is 0.950. The molecule has 0 amide bonds. The van der Waals surface area contributed by atoms with Gasteiger partial charge in [-0.1, -0.05) is 18.2 Å². The Morgan fingerprint density at radius 3 is 2.69 bits per heavy atom. The number of para-hydroxylation sites is 1. The number of aromatic nitrogens is 4. The van der Waals surface area contributed by atoms with Gasteiger partial charge in [0.05, 0.1) is 18.7 Å². The summed E-state index contributed by atoms with van der Waals surface area (Å²) in [6.45, 7) is 3.34. The van der Waals surface area contributed by atoms with E-state index in [2.05, 4.69) is 10.1 Å². The molecule has 9 heteroatoms. The molecule has 2 aromatic heterocycles. The molecule has 0 unspecified atom stereocenters. The molecule has 0 aliphatic heterocycles. The number of ether oxygens (including phenoxy) is 2. The molecule has 1 aromatic carbocycles. The summed E-state index contributed by atoms with van der Waals surface area (Å²) in [6.07, 6.45) is 0. The van der Waals surface area contributed by atoms with Gasteiger partial charge in [-0.2, -0.15) is 10.1 Å². The Morgan fingerprint density at radius 2 is 1.96 bits per heavy atom. The van der Waals surface area contributed by atoms with E-state index in [-0.39, 0.29) is 26.3 Å². The summed E-state index contributed by atoms with van der Waals surface area (Å²) in [5.74, 6) is -0.853. The van der Waals surface area contributed by atoms with Crippen molar-refractivity contribution in [2.45, 2.75) is 26.9 Å². The zero-order valence-electron chi connectivity index (χ0n) is 14.5. The van der Waals surface area contributed by atoms with E-state index in [0.29, 0.717) is 11.2 Å². The van der Waals surface area contributed by atoms with E-state index in [9.17, 15) is 14.4 Å². The van der Waals surface area contributed by atoms with Gasteiger partial charge in [0, 0.05) is 12.3 Å². The molecule has 0 atom stereocenters. The van der Waals surface area contributed by atoms with Crippen LogP contribution < -0.4 is 5.69 Å². The number of carbonyl (C=O) groups excluding carboxylic acids is 2. The first kappa shape index (κ1) is 17.6. The molecule has 0 aliphatic rings. The van der Waals surface area contributed by atoms with Crippen LogP contribution in [0.1, 0.15) is 13.8 Å². The van der Waals surface area contributed by atoms with Crippen molar-refractivity contribution in [3.8, 4) is 0 Å². The monoisotopic (exact) mass is 358 g/mol. The third-order valence-corrected chi connectivity index (χ3v) is 3.76. The van der Waals surface area contributed by atoms with Crippen molar-refractivity contribution in [3.05, 3.63) is 34.7 Å². The van der Waals surface area contributed by atoms with E-state index in [1.54, 1.807) is 11.5 Å².